The smallest absolute Gasteiger partial charge is 0.409 e. The summed E-state index contributed by atoms with van der Waals surface area (Å²) < 4.78 is 4.90. The molecule has 72 valence electrons. The Morgan fingerprint density at radius 3 is 2.31 bits per heavy atom. The second-order valence-electron chi connectivity index (χ2n) is 2.16. The zero-order chi connectivity index (χ0) is 8.97. The van der Waals surface area contributed by atoms with Gasteiger partial charge in [-0.1, -0.05) is 7.43 Å². The van der Waals surface area contributed by atoms with Crippen molar-refractivity contribution >= 4 is 11.8 Å². The first-order valence-corrected chi connectivity index (χ1v) is 3.36. The highest BCUT2D eigenvalue weighted by atomic mass is 16.5. The van der Waals surface area contributed by atoms with Crippen molar-refractivity contribution < 1.29 is 14.6 Å². The van der Waals surface area contributed by atoms with Gasteiger partial charge in [0.25, 0.3) is 0 Å². The zero-order valence-electron chi connectivity index (χ0n) is 6.57. The van der Waals surface area contributed by atoms with E-state index in [2.05, 4.69) is 5.32 Å². The zero-order valence-corrected chi connectivity index (χ0v) is 6.57. The lowest BCUT2D eigenvalue weighted by atomic mass is 10.3. The fourth-order valence-electron chi connectivity index (χ4n) is 0.798. The van der Waals surface area contributed by atoms with Crippen molar-refractivity contribution in [3.63, 3.8) is 0 Å². The molecule has 0 atom stereocenters. The van der Waals surface area contributed by atoms with Gasteiger partial charge < -0.3 is 9.84 Å². The van der Waals surface area contributed by atoms with Crippen LogP contribution in [0.15, 0.2) is 24.3 Å². The van der Waals surface area contributed by atoms with Crippen molar-refractivity contribution in [2.75, 3.05) is 12.4 Å². The van der Waals surface area contributed by atoms with Crippen molar-refractivity contribution in [3.05, 3.63) is 24.3 Å². The molecule has 1 amide bonds. The minimum atomic E-state index is -1.07. The predicted molar refractivity (Wildman–Crippen MR) is 51.4 cm³/mol. The van der Waals surface area contributed by atoms with Crippen molar-refractivity contribution in [1.29, 1.82) is 0 Å². The van der Waals surface area contributed by atoms with E-state index in [1.165, 1.54) is 0 Å². The number of hydrogen-bond acceptors (Lipinski definition) is 2. The molecular weight excluding hydrogens is 170 g/mol. The summed E-state index contributed by atoms with van der Waals surface area (Å²) >= 11 is 0. The van der Waals surface area contributed by atoms with Crippen LogP contribution in [0.2, 0.25) is 0 Å². The Kier molecular flexibility index (Phi) is 4.37. The van der Waals surface area contributed by atoms with E-state index in [0.717, 1.165) is 0 Å². The first kappa shape index (κ1) is 11.3. The normalized spacial score (nSPS) is 8.38. The third-order valence-corrected chi connectivity index (χ3v) is 1.34. The Balaban J connectivity index is 0.00000144. The third-order valence-electron chi connectivity index (χ3n) is 1.34. The maximum Gasteiger partial charge on any atom is 0.409 e. The van der Waals surface area contributed by atoms with Crippen LogP contribution in [0.3, 0.4) is 0 Å². The topological polar surface area (TPSA) is 58.6 Å². The first-order valence-electron chi connectivity index (χ1n) is 3.36. The number of anilines is 1. The first-order chi connectivity index (χ1) is 5.72. The van der Waals surface area contributed by atoms with E-state index in [1.807, 2.05) is 0 Å². The molecule has 0 aromatic heterocycles. The van der Waals surface area contributed by atoms with Crippen LogP contribution in [-0.4, -0.2) is 18.3 Å². The highest BCUT2D eigenvalue weighted by molar-refractivity contribution is 5.82. The minimum Gasteiger partial charge on any atom is -0.497 e. The Morgan fingerprint density at radius 2 is 1.92 bits per heavy atom. The number of carbonyl (C=O) groups is 1. The molecule has 1 aromatic carbocycles. The van der Waals surface area contributed by atoms with Crippen LogP contribution < -0.4 is 10.1 Å². The summed E-state index contributed by atoms with van der Waals surface area (Å²) in [6, 6.07) is 6.64. The molecule has 4 heteroatoms. The average molecular weight is 183 g/mol. The largest absolute Gasteiger partial charge is 0.497 e. The van der Waals surface area contributed by atoms with Gasteiger partial charge in [0, 0.05) is 5.69 Å². The molecule has 0 radical (unpaired) electrons. The van der Waals surface area contributed by atoms with Crippen LogP contribution in [0.25, 0.3) is 0 Å². The molecule has 0 unspecified atom stereocenters. The second kappa shape index (κ2) is 5.03. The summed E-state index contributed by atoms with van der Waals surface area (Å²) in [5.41, 5.74) is 0.531. The average Bonchev–Trinajstić information content (AvgIpc) is 2.05. The monoisotopic (exact) mass is 183 g/mol. The molecule has 0 aliphatic heterocycles. The van der Waals surface area contributed by atoms with E-state index in [-0.39, 0.29) is 7.43 Å². The SMILES string of the molecule is C.COc1ccc(NC(=O)O)cc1. The Labute approximate surface area is 77.2 Å². The molecule has 0 saturated carbocycles. The highest BCUT2D eigenvalue weighted by Crippen LogP contribution is 2.14. The molecule has 0 bridgehead atoms. The number of rotatable bonds is 2. The molecule has 0 aliphatic carbocycles. The van der Waals surface area contributed by atoms with E-state index in [1.54, 1.807) is 31.4 Å². The van der Waals surface area contributed by atoms with Gasteiger partial charge in [0.15, 0.2) is 0 Å². The summed E-state index contributed by atoms with van der Waals surface area (Å²) in [5.74, 6) is 0.700. The number of methoxy groups -OCH3 is 1. The molecule has 0 fully saturated rings. The lowest BCUT2D eigenvalue weighted by Gasteiger charge is -2.01. The van der Waals surface area contributed by atoms with Crippen LogP contribution >= 0.6 is 0 Å². The molecule has 0 heterocycles. The molecule has 1 rings (SSSR count). The number of nitrogens with one attached hydrogen (secondary N) is 1. The van der Waals surface area contributed by atoms with Gasteiger partial charge in [0.1, 0.15) is 5.75 Å². The molecular formula is C9H13NO3. The van der Waals surface area contributed by atoms with E-state index in [0.29, 0.717) is 11.4 Å². The molecule has 13 heavy (non-hydrogen) atoms. The van der Waals surface area contributed by atoms with Gasteiger partial charge in [-0.15, -0.1) is 0 Å². The summed E-state index contributed by atoms with van der Waals surface area (Å²) in [6.07, 6.45) is -1.07. The van der Waals surface area contributed by atoms with Gasteiger partial charge in [-0.05, 0) is 24.3 Å². The maximum absolute atomic E-state index is 10.2. The number of amides is 1. The van der Waals surface area contributed by atoms with Crippen molar-refractivity contribution in [2.45, 2.75) is 7.43 Å². The number of benzene rings is 1. The van der Waals surface area contributed by atoms with Crippen molar-refractivity contribution in [1.82, 2.24) is 0 Å². The van der Waals surface area contributed by atoms with Crippen LogP contribution in [0.4, 0.5) is 10.5 Å². The van der Waals surface area contributed by atoms with Gasteiger partial charge in [-0.2, -0.15) is 0 Å². The van der Waals surface area contributed by atoms with Crippen molar-refractivity contribution in [3.8, 4) is 5.75 Å². The molecule has 0 saturated heterocycles. The number of hydrogen-bond donors (Lipinski definition) is 2. The standard InChI is InChI=1S/C8H9NO3.CH4/c1-12-7-4-2-6(3-5-7)9-8(10)11;/h2-5,9H,1H3,(H,10,11);1H4. The van der Waals surface area contributed by atoms with Crippen molar-refractivity contribution in [2.24, 2.45) is 0 Å². The Bertz CT molecular complexity index is 269. The number of carboxylic acid groups (broad SMARTS) is 1. The Hall–Kier alpha value is -1.71. The lowest BCUT2D eigenvalue weighted by Crippen LogP contribution is -2.06. The fourth-order valence-corrected chi connectivity index (χ4v) is 0.798. The third kappa shape index (κ3) is 3.46. The Morgan fingerprint density at radius 1 is 1.38 bits per heavy atom. The summed E-state index contributed by atoms with van der Waals surface area (Å²) in [7, 11) is 1.56. The predicted octanol–water partition coefficient (Wildman–Crippen LogP) is 2.42. The quantitative estimate of drug-likeness (QED) is 0.740. The lowest BCUT2D eigenvalue weighted by molar-refractivity contribution is 0.209. The van der Waals surface area contributed by atoms with E-state index in [4.69, 9.17) is 9.84 Å². The molecule has 4 nitrogen and oxygen atoms in total. The van der Waals surface area contributed by atoms with Crippen LogP contribution in [0, 0.1) is 0 Å². The summed E-state index contributed by atoms with van der Waals surface area (Å²) in [4.78, 5) is 10.2. The molecule has 1 aromatic rings. The molecule has 0 aliphatic rings. The van der Waals surface area contributed by atoms with E-state index >= 15 is 0 Å². The molecule has 2 N–H and O–H groups in total. The van der Waals surface area contributed by atoms with Gasteiger partial charge in [-0.25, -0.2) is 4.79 Å². The maximum atomic E-state index is 10.2. The van der Waals surface area contributed by atoms with E-state index < -0.39 is 6.09 Å². The molecule has 0 spiro atoms. The second-order valence-corrected chi connectivity index (χ2v) is 2.16. The van der Waals surface area contributed by atoms with Crippen LogP contribution in [0.5, 0.6) is 5.75 Å². The van der Waals surface area contributed by atoms with Gasteiger partial charge >= 0.3 is 6.09 Å². The summed E-state index contributed by atoms with van der Waals surface area (Å²) in [5, 5.41) is 10.6. The summed E-state index contributed by atoms with van der Waals surface area (Å²) in [6.45, 7) is 0. The van der Waals surface area contributed by atoms with Crippen LogP contribution in [-0.2, 0) is 0 Å². The fraction of sp³-hybridized carbons (Fsp3) is 0.222. The van der Waals surface area contributed by atoms with Crippen LogP contribution in [0.1, 0.15) is 7.43 Å². The van der Waals surface area contributed by atoms with E-state index in [9.17, 15) is 4.79 Å². The van der Waals surface area contributed by atoms with Gasteiger partial charge in [0.2, 0.25) is 0 Å². The highest BCUT2D eigenvalue weighted by Gasteiger charge is 1.96. The minimum absolute atomic E-state index is 0. The van der Waals surface area contributed by atoms with Gasteiger partial charge in [0.05, 0.1) is 7.11 Å². The number of ether oxygens (including phenoxy) is 1. The van der Waals surface area contributed by atoms with Gasteiger partial charge in [-0.3, -0.25) is 5.32 Å².